The number of benzene rings is 4. The molecule has 2 fully saturated rings. The standard InChI is InChI=1S/2C26H32N2O3/c2*1-19(2)17-24(29)28-21-13-15-26(16-14-21,20-9-5-4-6-10-20)18-27-25(30)22-11-7-8-12-23(22)31-3/h4-12,17,21H,13-16,18H2,1-3H3,(H,27,30)(H,28,29);4-12,21H,1,13-18H2,2-3H3,(H,27,30)(H,28,29). The third kappa shape index (κ3) is 12.9. The highest BCUT2D eigenvalue weighted by Crippen LogP contribution is 2.41. The van der Waals surface area contributed by atoms with Crippen molar-refractivity contribution in [2.24, 2.45) is 0 Å². The van der Waals surface area contributed by atoms with Gasteiger partial charge in [-0.2, -0.15) is 0 Å². The van der Waals surface area contributed by atoms with Gasteiger partial charge in [0, 0.05) is 48.5 Å². The van der Waals surface area contributed by atoms with E-state index in [0.717, 1.165) is 62.5 Å². The fraction of sp³-hybridized carbons (Fsp3) is 0.385. The van der Waals surface area contributed by atoms with Crippen LogP contribution in [-0.4, -0.2) is 63.0 Å². The number of hydrogen-bond donors (Lipinski definition) is 4. The molecular weight excluding hydrogens is 777 g/mol. The zero-order valence-electron chi connectivity index (χ0n) is 37.1. The van der Waals surface area contributed by atoms with Gasteiger partial charge in [-0.25, -0.2) is 0 Å². The van der Waals surface area contributed by atoms with Gasteiger partial charge in [0.25, 0.3) is 11.8 Å². The maximum absolute atomic E-state index is 12.9. The SMILES string of the molecule is C=C(C)CC(=O)NC1CCC(CNC(=O)c2ccccc2OC)(c2ccccc2)CC1.COc1ccccc1C(=O)NCC1(c2ccccc2)CCC(NC(=O)C=C(C)C)CC1. The molecule has 0 spiro atoms. The fourth-order valence-corrected chi connectivity index (χ4v) is 8.76. The first kappa shape index (κ1) is 46.9. The summed E-state index contributed by atoms with van der Waals surface area (Å²) in [5.74, 6) is 0.879. The van der Waals surface area contributed by atoms with Gasteiger partial charge in [0.05, 0.1) is 25.3 Å². The van der Waals surface area contributed by atoms with E-state index in [-0.39, 0.29) is 46.5 Å². The number of carbonyl (C=O) groups is 4. The Morgan fingerprint density at radius 2 is 0.984 bits per heavy atom. The minimum atomic E-state index is -0.158. The number of hydrogen-bond acceptors (Lipinski definition) is 6. The van der Waals surface area contributed by atoms with Crippen molar-refractivity contribution in [3.63, 3.8) is 0 Å². The summed E-state index contributed by atoms with van der Waals surface area (Å²) in [6.45, 7) is 10.6. The van der Waals surface area contributed by atoms with Crippen LogP contribution in [0.25, 0.3) is 0 Å². The van der Waals surface area contributed by atoms with Gasteiger partial charge in [0.1, 0.15) is 11.5 Å². The normalized spacial score (nSPS) is 20.5. The molecule has 0 atom stereocenters. The van der Waals surface area contributed by atoms with Gasteiger partial charge in [-0.1, -0.05) is 103 Å². The number of allylic oxidation sites excluding steroid dienone is 1. The Bertz CT molecular complexity index is 2150. The zero-order valence-corrected chi connectivity index (χ0v) is 37.1. The lowest BCUT2D eigenvalue weighted by atomic mass is 9.68. The third-order valence-electron chi connectivity index (χ3n) is 12.1. The molecule has 0 saturated heterocycles. The minimum absolute atomic E-state index is 0.0262. The van der Waals surface area contributed by atoms with Crippen molar-refractivity contribution >= 4 is 23.6 Å². The Labute approximate surface area is 368 Å². The van der Waals surface area contributed by atoms with E-state index in [1.807, 2.05) is 81.4 Å². The molecule has 4 aromatic rings. The number of ether oxygens (including phenoxy) is 2. The number of methoxy groups -OCH3 is 2. The summed E-state index contributed by atoms with van der Waals surface area (Å²) in [6, 6.07) is 35.6. The smallest absolute Gasteiger partial charge is 0.255 e. The lowest BCUT2D eigenvalue weighted by Crippen LogP contribution is -2.47. The molecule has 0 radical (unpaired) electrons. The van der Waals surface area contributed by atoms with Gasteiger partial charge in [-0.15, -0.1) is 0 Å². The molecule has 4 amide bonds. The van der Waals surface area contributed by atoms with Crippen molar-refractivity contribution in [3.05, 3.63) is 155 Å². The molecule has 4 N–H and O–H groups in total. The van der Waals surface area contributed by atoms with Gasteiger partial charge >= 0.3 is 0 Å². The second-order valence-corrected chi connectivity index (χ2v) is 17.0. The number of nitrogens with one attached hydrogen (secondary N) is 4. The molecule has 0 unspecified atom stereocenters. The van der Waals surface area contributed by atoms with Crippen LogP contribution in [0.5, 0.6) is 11.5 Å². The molecule has 0 heterocycles. The Morgan fingerprint density at radius 1 is 0.597 bits per heavy atom. The minimum Gasteiger partial charge on any atom is -0.496 e. The van der Waals surface area contributed by atoms with Crippen molar-refractivity contribution in [2.75, 3.05) is 27.3 Å². The molecule has 4 aromatic carbocycles. The third-order valence-corrected chi connectivity index (χ3v) is 12.1. The number of amides is 4. The van der Waals surface area contributed by atoms with E-state index < -0.39 is 0 Å². The Hall–Kier alpha value is -6.16. The molecule has 6 rings (SSSR count). The van der Waals surface area contributed by atoms with Gasteiger partial charge in [0.15, 0.2) is 0 Å². The van der Waals surface area contributed by atoms with Gasteiger partial charge in [-0.05, 0) is 108 Å². The zero-order chi connectivity index (χ0) is 44.5. The number of carbonyl (C=O) groups excluding carboxylic acids is 4. The average Bonchev–Trinajstić information content (AvgIpc) is 3.28. The highest BCUT2D eigenvalue weighted by Gasteiger charge is 2.39. The monoisotopic (exact) mass is 840 g/mol. The van der Waals surface area contributed by atoms with Crippen LogP contribution in [-0.2, 0) is 20.4 Å². The van der Waals surface area contributed by atoms with Crippen LogP contribution in [0, 0.1) is 0 Å². The molecule has 328 valence electrons. The second-order valence-electron chi connectivity index (χ2n) is 17.0. The largest absolute Gasteiger partial charge is 0.496 e. The molecule has 10 heteroatoms. The van der Waals surface area contributed by atoms with E-state index in [0.29, 0.717) is 42.1 Å². The molecule has 0 bridgehead atoms. The number of para-hydroxylation sites is 2. The van der Waals surface area contributed by atoms with Crippen LogP contribution < -0.4 is 30.7 Å². The highest BCUT2D eigenvalue weighted by molar-refractivity contribution is 5.97. The summed E-state index contributed by atoms with van der Waals surface area (Å²) >= 11 is 0. The van der Waals surface area contributed by atoms with Crippen LogP contribution >= 0.6 is 0 Å². The van der Waals surface area contributed by atoms with Crippen LogP contribution in [0.1, 0.15) is 110 Å². The van der Waals surface area contributed by atoms with Crippen molar-refractivity contribution in [1.82, 2.24) is 21.3 Å². The predicted molar refractivity (Wildman–Crippen MR) is 247 cm³/mol. The van der Waals surface area contributed by atoms with Crippen molar-refractivity contribution in [1.29, 1.82) is 0 Å². The van der Waals surface area contributed by atoms with Crippen molar-refractivity contribution in [2.45, 2.75) is 101 Å². The van der Waals surface area contributed by atoms with E-state index >= 15 is 0 Å². The number of rotatable bonds is 15. The second kappa shape index (κ2) is 22.6. The quantitative estimate of drug-likeness (QED) is 0.0699. The van der Waals surface area contributed by atoms with Crippen LogP contribution in [0.2, 0.25) is 0 Å². The fourth-order valence-electron chi connectivity index (χ4n) is 8.76. The van der Waals surface area contributed by atoms with Gasteiger partial charge in [-0.3, -0.25) is 19.2 Å². The maximum atomic E-state index is 12.9. The first-order chi connectivity index (χ1) is 29.9. The average molecular weight is 841 g/mol. The highest BCUT2D eigenvalue weighted by atomic mass is 16.5. The van der Waals surface area contributed by atoms with Crippen molar-refractivity contribution in [3.8, 4) is 11.5 Å². The molecule has 0 aromatic heterocycles. The van der Waals surface area contributed by atoms with Crippen molar-refractivity contribution < 1.29 is 28.7 Å². The molecule has 10 nitrogen and oxygen atoms in total. The summed E-state index contributed by atoms with van der Waals surface area (Å²) in [6.07, 6.45) is 9.09. The van der Waals surface area contributed by atoms with Gasteiger partial charge < -0.3 is 30.7 Å². The molecule has 2 saturated carbocycles. The van der Waals surface area contributed by atoms with Gasteiger partial charge in [0.2, 0.25) is 11.8 Å². The molecule has 2 aliphatic carbocycles. The first-order valence-corrected chi connectivity index (χ1v) is 21.7. The van der Waals surface area contributed by atoms with Crippen LogP contribution in [0.15, 0.2) is 133 Å². The summed E-state index contributed by atoms with van der Waals surface area (Å²) < 4.78 is 10.7. The lowest BCUT2D eigenvalue weighted by Gasteiger charge is -2.41. The van der Waals surface area contributed by atoms with E-state index in [1.165, 1.54) is 11.1 Å². The van der Waals surface area contributed by atoms with E-state index in [2.05, 4.69) is 52.1 Å². The lowest BCUT2D eigenvalue weighted by molar-refractivity contribution is -0.121. The molecular formula is C52H64N4O6. The molecule has 2 aliphatic rings. The Balaban J connectivity index is 0.000000234. The molecule has 62 heavy (non-hydrogen) atoms. The Kier molecular flexibility index (Phi) is 17.1. The summed E-state index contributed by atoms with van der Waals surface area (Å²) in [7, 11) is 3.14. The Morgan fingerprint density at radius 3 is 1.37 bits per heavy atom. The van der Waals surface area contributed by atoms with E-state index in [1.54, 1.807) is 44.6 Å². The first-order valence-electron chi connectivity index (χ1n) is 21.7. The van der Waals surface area contributed by atoms with E-state index in [4.69, 9.17) is 9.47 Å². The van der Waals surface area contributed by atoms with Crippen LogP contribution in [0.3, 0.4) is 0 Å². The van der Waals surface area contributed by atoms with E-state index in [9.17, 15) is 19.2 Å². The molecule has 0 aliphatic heterocycles. The summed E-state index contributed by atoms with van der Waals surface area (Å²) in [5, 5.41) is 12.6. The summed E-state index contributed by atoms with van der Waals surface area (Å²) in [5.41, 5.74) is 5.07. The predicted octanol–water partition coefficient (Wildman–Crippen LogP) is 8.78. The summed E-state index contributed by atoms with van der Waals surface area (Å²) in [4.78, 5) is 50.1. The topological polar surface area (TPSA) is 135 Å². The van der Waals surface area contributed by atoms with Crippen LogP contribution in [0.4, 0.5) is 0 Å². The maximum Gasteiger partial charge on any atom is 0.255 e.